The first-order valence-corrected chi connectivity index (χ1v) is 18.7. The summed E-state index contributed by atoms with van der Waals surface area (Å²) in [6.07, 6.45) is 0. The van der Waals surface area contributed by atoms with Crippen LogP contribution in [0.25, 0.3) is 106 Å². The molecule has 0 spiro atoms. The Kier molecular flexibility index (Phi) is 6.09. The zero-order valence-corrected chi connectivity index (χ0v) is 28.6. The lowest BCUT2D eigenvalue weighted by Crippen LogP contribution is -1.90. The van der Waals surface area contributed by atoms with Gasteiger partial charge in [-0.25, -0.2) is 0 Å². The quantitative estimate of drug-likeness (QED) is 0.164. The second-order valence-electron chi connectivity index (χ2n) is 13.1. The minimum Gasteiger partial charge on any atom is -0.134 e. The fourth-order valence-electron chi connectivity index (χ4n) is 8.26. The van der Waals surface area contributed by atoms with Crippen LogP contribution in [0.4, 0.5) is 0 Å². The summed E-state index contributed by atoms with van der Waals surface area (Å²) in [5.74, 6) is 0. The van der Waals surface area contributed by atoms with E-state index < -0.39 is 0 Å². The molecule has 0 N–H and O–H groups in total. The summed E-state index contributed by atoms with van der Waals surface area (Å²) in [5, 5.41) is 13.3. The molecule has 50 heavy (non-hydrogen) atoms. The third kappa shape index (κ3) is 4.04. The molecule has 0 amide bonds. The zero-order chi connectivity index (χ0) is 32.8. The lowest BCUT2D eigenvalue weighted by molar-refractivity contribution is 1.63. The summed E-state index contributed by atoms with van der Waals surface area (Å²) < 4.78 is 5.48. The van der Waals surface area contributed by atoms with Gasteiger partial charge in [0.25, 0.3) is 0 Å². The Morgan fingerprint density at radius 3 is 1.38 bits per heavy atom. The van der Waals surface area contributed by atoms with Gasteiger partial charge in [0.15, 0.2) is 0 Å². The molecule has 9 aromatic carbocycles. The summed E-state index contributed by atoms with van der Waals surface area (Å²) in [6, 6.07) is 62.7. The SMILES string of the molecule is c1ccc(-c2c3ccccc3c(-c3ccc(-c4ccc5c(c4)sc4c6ccccc6c6c7ccccc7sc6c54)cc3)c3ccccc23)cc1. The van der Waals surface area contributed by atoms with Crippen LogP contribution in [0, 0.1) is 0 Å². The van der Waals surface area contributed by atoms with Crippen LogP contribution in [0.3, 0.4) is 0 Å². The van der Waals surface area contributed by atoms with Gasteiger partial charge in [0.2, 0.25) is 0 Å². The average Bonchev–Trinajstić information content (AvgIpc) is 3.76. The van der Waals surface area contributed by atoms with Crippen LogP contribution >= 0.6 is 22.7 Å². The normalized spacial score (nSPS) is 12.0. The van der Waals surface area contributed by atoms with E-state index in [1.165, 1.54) is 106 Å². The fraction of sp³-hybridized carbons (Fsp3) is 0. The van der Waals surface area contributed by atoms with E-state index in [9.17, 15) is 0 Å². The van der Waals surface area contributed by atoms with Gasteiger partial charge in [-0.3, -0.25) is 0 Å². The van der Waals surface area contributed by atoms with Crippen molar-refractivity contribution in [3.63, 3.8) is 0 Å². The number of hydrogen-bond acceptors (Lipinski definition) is 2. The van der Waals surface area contributed by atoms with Crippen molar-refractivity contribution in [2.24, 2.45) is 0 Å². The maximum Gasteiger partial charge on any atom is 0.0455 e. The highest BCUT2D eigenvalue weighted by Crippen LogP contribution is 2.50. The van der Waals surface area contributed by atoms with E-state index in [4.69, 9.17) is 0 Å². The molecule has 0 saturated heterocycles. The van der Waals surface area contributed by atoms with Gasteiger partial charge in [-0.05, 0) is 72.4 Å². The van der Waals surface area contributed by atoms with Crippen LogP contribution in [-0.2, 0) is 0 Å². The van der Waals surface area contributed by atoms with Crippen LogP contribution in [-0.4, -0.2) is 0 Å². The monoisotopic (exact) mass is 668 g/mol. The summed E-state index contributed by atoms with van der Waals surface area (Å²) in [7, 11) is 0. The molecule has 0 atom stereocenters. The minimum absolute atomic E-state index is 1.24. The van der Waals surface area contributed by atoms with Crippen molar-refractivity contribution < 1.29 is 0 Å². The molecule has 0 fully saturated rings. The van der Waals surface area contributed by atoms with Crippen molar-refractivity contribution >= 4 is 95.3 Å². The summed E-state index contributed by atoms with van der Waals surface area (Å²) >= 11 is 3.87. The lowest BCUT2D eigenvalue weighted by atomic mass is 9.86. The smallest absolute Gasteiger partial charge is 0.0455 e. The number of benzene rings is 9. The van der Waals surface area contributed by atoms with Gasteiger partial charge in [0.1, 0.15) is 0 Å². The molecule has 11 aromatic rings. The molecule has 0 bridgehead atoms. The molecule has 0 saturated carbocycles. The molecule has 0 aliphatic heterocycles. The predicted molar refractivity (Wildman–Crippen MR) is 221 cm³/mol. The molecule has 232 valence electrons. The second-order valence-corrected chi connectivity index (χ2v) is 15.3. The predicted octanol–water partition coefficient (Wildman–Crippen LogP) is 14.9. The molecule has 2 aromatic heterocycles. The lowest BCUT2D eigenvalue weighted by Gasteiger charge is -2.18. The van der Waals surface area contributed by atoms with Crippen LogP contribution in [0.15, 0.2) is 170 Å². The van der Waals surface area contributed by atoms with E-state index in [1.807, 2.05) is 22.7 Å². The molecule has 0 aliphatic rings. The summed E-state index contributed by atoms with van der Waals surface area (Å²) in [4.78, 5) is 0. The third-order valence-electron chi connectivity index (χ3n) is 10.5. The summed E-state index contributed by atoms with van der Waals surface area (Å²) in [5.41, 5.74) is 7.57. The number of fused-ring (bicyclic) bond motifs is 12. The first-order valence-electron chi connectivity index (χ1n) is 17.1. The first-order chi connectivity index (χ1) is 24.8. The highest BCUT2D eigenvalue weighted by atomic mass is 32.1. The molecule has 0 nitrogen and oxygen atoms in total. The average molecular weight is 669 g/mol. The largest absolute Gasteiger partial charge is 0.134 e. The molecular weight excluding hydrogens is 641 g/mol. The Labute approximate surface area is 297 Å². The van der Waals surface area contributed by atoms with Gasteiger partial charge in [0, 0.05) is 45.7 Å². The van der Waals surface area contributed by atoms with Gasteiger partial charge in [0.05, 0.1) is 0 Å². The van der Waals surface area contributed by atoms with Gasteiger partial charge in [-0.2, -0.15) is 0 Å². The van der Waals surface area contributed by atoms with Crippen molar-refractivity contribution in [3.8, 4) is 33.4 Å². The van der Waals surface area contributed by atoms with E-state index in [-0.39, 0.29) is 0 Å². The zero-order valence-electron chi connectivity index (χ0n) is 27.0. The van der Waals surface area contributed by atoms with Gasteiger partial charge < -0.3 is 0 Å². The Balaban J connectivity index is 1.08. The van der Waals surface area contributed by atoms with E-state index in [0.29, 0.717) is 0 Å². The first kappa shape index (κ1) is 28.1. The number of hydrogen-bond donors (Lipinski definition) is 0. The van der Waals surface area contributed by atoms with Gasteiger partial charge in [-0.15, -0.1) is 22.7 Å². The Morgan fingerprint density at radius 2 is 0.720 bits per heavy atom. The van der Waals surface area contributed by atoms with E-state index in [1.54, 1.807) is 0 Å². The van der Waals surface area contributed by atoms with Crippen LogP contribution < -0.4 is 0 Å². The van der Waals surface area contributed by atoms with Gasteiger partial charge in [-0.1, -0.05) is 158 Å². The van der Waals surface area contributed by atoms with E-state index in [2.05, 4.69) is 170 Å². The molecule has 0 unspecified atom stereocenters. The fourth-order valence-corrected chi connectivity index (χ4v) is 10.9. The van der Waals surface area contributed by atoms with Crippen LogP contribution in [0.1, 0.15) is 0 Å². The third-order valence-corrected chi connectivity index (χ3v) is 12.8. The second kappa shape index (κ2) is 10.9. The standard InChI is InChI=1S/C48H28S2/c1-2-12-30(13-3-1)43-33-14-4-6-16-35(33)44(36-17-7-5-15-34(36)43)31-24-22-29(23-25-31)32-26-27-40-42(28-32)50-47-38-19-9-8-18-37(38)45-39-20-10-11-21-41(39)49-48(45)46(40)47/h1-28H. The van der Waals surface area contributed by atoms with E-state index >= 15 is 0 Å². The molecule has 11 rings (SSSR count). The molecule has 0 radical (unpaired) electrons. The van der Waals surface area contributed by atoms with Crippen LogP contribution in [0.5, 0.6) is 0 Å². The van der Waals surface area contributed by atoms with Crippen LogP contribution in [0.2, 0.25) is 0 Å². The maximum atomic E-state index is 2.41. The van der Waals surface area contributed by atoms with Crippen molar-refractivity contribution in [2.45, 2.75) is 0 Å². The Morgan fingerprint density at radius 1 is 0.260 bits per heavy atom. The highest BCUT2D eigenvalue weighted by molar-refractivity contribution is 7.30. The topological polar surface area (TPSA) is 0 Å². The number of rotatable bonds is 3. The number of thiophene rings is 2. The van der Waals surface area contributed by atoms with Crippen molar-refractivity contribution in [3.05, 3.63) is 170 Å². The van der Waals surface area contributed by atoms with Gasteiger partial charge >= 0.3 is 0 Å². The molecule has 0 aliphatic carbocycles. The van der Waals surface area contributed by atoms with Crippen molar-refractivity contribution in [1.29, 1.82) is 0 Å². The minimum atomic E-state index is 1.24. The highest BCUT2D eigenvalue weighted by Gasteiger charge is 2.19. The molecule has 2 heterocycles. The van der Waals surface area contributed by atoms with Crippen molar-refractivity contribution in [2.75, 3.05) is 0 Å². The molecule has 2 heteroatoms. The van der Waals surface area contributed by atoms with E-state index in [0.717, 1.165) is 0 Å². The van der Waals surface area contributed by atoms with Crippen molar-refractivity contribution in [1.82, 2.24) is 0 Å². The Bertz CT molecular complexity index is 3070. The summed E-state index contributed by atoms with van der Waals surface area (Å²) in [6.45, 7) is 0. The molecular formula is C48H28S2. The maximum absolute atomic E-state index is 2.41. The Hall–Kier alpha value is -5.80.